The van der Waals surface area contributed by atoms with Gasteiger partial charge in [0.25, 0.3) is 11.5 Å². The maximum atomic E-state index is 13.2. The number of piperidine rings is 1. The molecular weight excluding hydrogens is 346 g/mol. The van der Waals surface area contributed by atoms with E-state index in [1.54, 1.807) is 25.2 Å². The maximum Gasteiger partial charge on any atom is 0.261 e. The fraction of sp³-hybridized carbons (Fsp3) is 0.550. The Balaban J connectivity index is 1.71. The Morgan fingerprint density at radius 1 is 1.23 bits per heavy atom. The van der Waals surface area contributed by atoms with Crippen LogP contribution in [-0.4, -0.2) is 32.9 Å². The lowest BCUT2D eigenvalue weighted by atomic mass is 9.72. The van der Waals surface area contributed by atoms with Crippen LogP contribution in [0.4, 0.5) is 0 Å². The van der Waals surface area contributed by atoms with Crippen LogP contribution in [-0.2, 0) is 7.05 Å². The average Bonchev–Trinajstić information content (AvgIpc) is 2.66. The molecule has 138 valence electrons. The van der Waals surface area contributed by atoms with E-state index < -0.39 is 0 Å². The van der Waals surface area contributed by atoms with E-state index in [2.05, 4.69) is 16.8 Å². The zero-order valence-electron chi connectivity index (χ0n) is 15.3. The van der Waals surface area contributed by atoms with Crippen LogP contribution in [0.5, 0.6) is 0 Å². The van der Waals surface area contributed by atoms with Crippen LogP contribution in [0.3, 0.4) is 0 Å². The average molecular weight is 372 g/mol. The second-order valence-corrected chi connectivity index (χ2v) is 8.22. The van der Waals surface area contributed by atoms with Gasteiger partial charge < -0.3 is 9.88 Å². The lowest BCUT2D eigenvalue weighted by molar-refractivity contribution is 0.0218. The van der Waals surface area contributed by atoms with Crippen molar-refractivity contribution in [3.63, 3.8) is 0 Å². The molecule has 0 radical (unpaired) electrons. The van der Waals surface area contributed by atoms with Gasteiger partial charge >= 0.3 is 0 Å². The quantitative estimate of drug-likeness (QED) is 0.779. The summed E-state index contributed by atoms with van der Waals surface area (Å²) >= 11 is 5.20. The maximum absolute atomic E-state index is 13.2. The minimum absolute atomic E-state index is 0.0793. The summed E-state index contributed by atoms with van der Waals surface area (Å²) in [5.74, 6) is 1.40. The molecule has 26 heavy (non-hydrogen) atoms. The van der Waals surface area contributed by atoms with Crippen LogP contribution in [0.15, 0.2) is 23.0 Å². The Bertz CT molecular complexity index is 977. The van der Waals surface area contributed by atoms with Crippen LogP contribution >= 0.6 is 12.2 Å². The third-order valence-electron chi connectivity index (χ3n) is 6.35. The van der Waals surface area contributed by atoms with Crippen molar-refractivity contribution < 1.29 is 4.79 Å². The van der Waals surface area contributed by atoms with Gasteiger partial charge in [0.05, 0.1) is 10.9 Å². The molecule has 1 N–H and O–H groups in total. The van der Waals surface area contributed by atoms with Crippen molar-refractivity contribution in [1.82, 2.24) is 14.5 Å². The molecule has 6 heteroatoms. The molecule has 2 aliphatic rings. The summed E-state index contributed by atoms with van der Waals surface area (Å²) in [5, 5.41) is 0.556. The smallest absolute Gasteiger partial charge is 0.261 e. The van der Waals surface area contributed by atoms with Gasteiger partial charge in [0, 0.05) is 25.2 Å². The third kappa shape index (κ3) is 2.80. The number of carbonyl (C=O) groups is 1. The predicted octanol–water partition coefficient (Wildman–Crippen LogP) is 3.64. The molecule has 0 spiro atoms. The number of hydrogen-bond acceptors (Lipinski definition) is 3. The Labute approximate surface area is 158 Å². The molecule has 2 fully saturated rings. The Morgan fingerprint density at radius 2 is 2.00 bits per heavy atom. The standard InChI is InChI=1S/C20H25N3O2S/c1-12-9-10-23(17-6-4-3-5-14(12)17)18(24)13-7-8-15-16(11-13)21-20(26)22(2)19(15)25/h7-8,11-12,14,17H,3-6,9-10H2,1-2H3,(H,21,26)/t12-,14+,17-/m1/s1. The summed E-state index contributed by atoms with van der Waals surface area (Å²) in [5.41, 5.74) is 1.13. The van der Waals surface area contributed by atoms with Gasteiger partial charge in [0.15, 0.2) is 4.77 Å². The van der Waals surface area contributed by atoms with Crippen LogP contribution in [0.1, 0.15) is 49.4 Å². The molecular formula is C20H25N3O2S. The molecule has 1 aromatic heterocycles. The van der Waals surface area contributed by atoms with Crippen molar-refractivity contribution in [3.05, 3.63) is 38.9 Å². The second-order valence-electron chi connectivity index (χ2n) is 7.83. The van der Waals surface area contributed by atoms with Gasteiger partial charge in [-0.25, -0.2) is 0 Å². The molecule has 1 aliphatic carbocycles. The van der Waals surface area contributed by atoms with Crippen molar-refractivity contribution in [2.75, 3.05) is 6.54 Å². The van der Waals surface area contributed by atoms with Gasteiger partial charge in [-0.1, -0.05) is 19.8 Å². The van der Waals surface area contributed by atoms with E-state index >= 15 is 0 Å². The first kappa shape index (κ1) is 17.5. The molecule has 2 heterocycles. The van der Waals surface area contributed by atoms with Gasteiger partial charge in [0.2, 0.25) is 0 Å². The lowest BCUT2D eigenvalue weighted by Crippen LogP contribution is -2.52. The highest BCUT2D eigenvalue weighted by Crippen LogP contribution is 2.39. The molecule has 5 nitrogen and oxygen atoms in total. The SMILES string of the molecule is C[C@@H]1CCN(C(=O)c2ccc3c(=O)n(C)c(=S)[nH]c3c2)[C@@H]2CCCC[C@@H]12. The fourth-order valence-corrected chi connectivity index (χ4v) is 4.96. The number of aromatic nitrogens is 2. The number of likely N-dealkylation sites (tertiary alicyclic amines) is 1. The van der Waals surface area contributed by atoms with Crippen molar-refractivity contribution >= 4 is 29.0 Å². The van der Waals surface area contributed by atoms with E-state index in [0.29, 0.717) is 39.1 Å². The first-order valence-corrected chi connectivity index (χ1v) is 9.92. The van der Waals surface area contributed by atoms with Crippen molar-refractivity contribution in [1.29, 1.82) is 0 Å². The van der Waals surface area contributed by atoms with Crippen molar-refractivity contribution in [2.24, 2.45) is 18.9 Å². The predicted molar refractivity (Wildman–Crippen MR) is 105 cm³/mol. The Hall–Kier alpha value is -1.95. The molecule has 1 aromatic carbocycles. The fourth-order valence-electron chi connectivity index (χ4n) is 4.77. The minimum atomic E-state index is -0.137. The first-order valence-electron chi connectivity index (χ1n) is 9.51. The van der Waals surface area contributed by atoms with Crippen LogP contribution < -0.4 is 5.56 Å². The number of carbonyl (C=O) groups excluding carboxylic acids is 1. The summed E-state index contributed by atoms with van der Waals surface area (Å²) in [6, 6.07) is 5.66. The minimum Gasteiger partial charge on any atom is -0.335 e. The summed E-state index contributed by atoms with van der Waals surface area (Å²) < 4.78 is 1.78. The first-order chi connectivity index (χ1) is 12.5. The van der Waals surface area contributed by atoms with Crippen LogP contribution in [0, 0.1) is 16.6 Å². The van der Waals surface area contributed by atoms with Crippen LogP contribution in [0.25, 0.3) is 10.9 Å². The zero-order chi connectivity index (χ0) is 18.4. The van der Waals surface area contributed by atoms with E-state index in [0.717, 1.165) is 19.4 Å². The zero-order valence-corrected chi connectivity index (χ0v) is 16.1. The summed E-state index contributed by atoms with van der Waals surface area (Å²) in [7, 11) is 1.65. The highest BCUT2D eigenvalue weighted by atomic mass is 32.1. The van der Waals surface area contributed by atoms with Gasteiger partial charge in [-0.3, -0.25) is 14.2 Å². The number of fused-ring (bicyclic) bond motifs is 2. The van der Waals surface area contributed by atoms with Crippen LogP contribution in [0.2, 0.25) is 0 Å². The number of benzene rings is 1. The van der Waals surface area contributed by atoms with E-state index in [9.17, 15) is 9.59 Å². The number of rotatable bonds is 1. The number of aromatic amines is 1. The van der Waals surface area contributed by atoms with Gasteiger partial charge in [0.1, 0.15) is 0 Å². The van der Waals surface area contributed by atoms with Crippen molar-refractivity contribution in [3.8, 4) is 0 Å². The molecule has 3 atom stereocenters. The monoisotopic (exact) mass is 371 g/mol. The van der Waals surface area contributed by atoms with Gasteiger partial charge in [-0.15, -0.1) is 0 Å². The Morgan fingerprint density at radius 3 is 2.81 bits per heavy atom. The largest absolute Gasteiger partial charge is 0.335 e. The molecule has 0 unspecified atom stereocenters. The Kier molecular flexibility index (Phi) is 4.47. The van der Waals surface area contributed by atoms with Crippen molar-refractivity contribution in [2.45, 2.75) is 45.1 Å². The summed E-state index contributed by atoms with van der Waals surface area (Å²) in [4.78, 5) is 30.7. The molecule has 1 saturated carbocycles. The lowest BCUT2D eigenvalue weighted by Gasteiger charge is -2.47. The topological polar surface area (TPSA) is 58.1 Å². The second kappa shape index (κ2) is 6.65. The third-order valence-corrected chi connectivity index (χ3v) is 6.72. The number of nitrogens with zero attached hydrogens (tertiary/aromatic N) is 2. The summed E-state index contributed by atoms with van der Waals surface area (Å²) in [6.07, 6.45) is 5.90. The van der Waals surface area contributed by atoms with E-state index in [-0.39, 0.29) is 11.5 Å². The van der Waals surface area contributed by atoms with E-state index in [1.165, 1.54) is 23.8 Å². The highest BCUT2D eigenvalue weighted by Gasteiger charge is 2.39. The molecule has 2 aromatic rings. The van der Waals surface area contributed by atoms with E-state index in [4.69, 9.17) is 12.2 Å². The van der Waals surface area contributed by atoms with Gasteiger partial charge in [-0.2, -0.15) is 0 Å². The normalized spacial score (nSPS) is 25.9. The van der Waals surface area contributed by atoms with Gasteiger partial charge in [-0.05, 0) is 61.5 Å². The van der Waals surface area contributed by atoms with E-state index in [1.807, 2.05) is 0 Å². The summed E-state index contributed by atoms with van der Waals surface area (Å²) in [6.45, 7) is 3.16. The number of nitrogens with one attached hydrogen (secondary N) is 1. The number of H-pyrrole nitrogens is 1. The molecule has 1 aliphatic heterocycles. The molecule has 1 saturated heterocycles. The molecule has 4 rings (SSSR count). The molecule has 0 bridgehead atoms. The highest BCUT2D eigenvalue weighted by molar-refractivity contribution is 7.71. The molecule has 1 amide bonds. The number of amides is 1. The number of hydrogen-bond donors (Lipinski definition) is 1.